The van der Waals surface area contributed by atoms with Crippen LogP contribution in [0, 0.1) is 11.3 Å². The lowest BCUT2D eigenvalue weighted by Crippen LogP contribution is -2.33. The van der Waals surface area contributed by atoms with Crippen LogP contribution in [0.15, 0.2) is 12.4 Å². The van der Waals surface area contributed by atoms with E-state index in [0.717, 1.165) is 25.6 Å². The van der Waals surface area contributed by atoms with Crippen LogP contribution < -0.4 is 5.73 Å². The molecule has 1 aliphatic heterocycles. The van der Waals surface area contributed by atoms with E-state index < -0.39 is 0 Å². The van der Waals surface area contributed by atoms with Crippen LogP contribution in [0.4, 0.5) is 0 Å². The van der Waals surface area contributed by atoms with Crippen LogP contribution in [0.25, 0.3) is 0 Å². The third kappa shape index (κ3) is 3.18. The number of likely N-dealkylation sites (tertiary alicyclic amines) is 1. The van der Waals surface area contributed by atoms with Crippen molar-refractivity contribution in [1.29, 1.82) is 0 Å². The zero-order chi connectivity index (χ0) is 14.0. The summed E-state index contributed by atoms with van der Waals surface area (Å²) in [7, 11) is 0. The van der Waals surface area contributed by atoms with E-state index in [-0.39, 0.29) is 0 Å². The number of aryl methyl sites for hydroxylation is 1. The molecular weight excluding hydrogens is 236 g/mol. The van der Waals surface area contributed by atoms with Gasteiger partial charge < -0.3 is 5.73 Å². The van der Waals surface area contributed by atoms with Crippen LogP contribution >= 0.6 is 0 Å². The second-order valence-electron chi connectivity index (χ2n) is 6.73. The smallest absolute Gasteiger partial charge is 0.0538 e. The number of hydrogen-bond donors (Lipinski definition) is 1. The van der Waals surface area contributed by atoms with E-state index >= 15 is 0 Å². The lowest BCUT2D eigenvalue weighted by atomic mass is 9.80. The third-order valence-electron chi connectivity index (χ3n) is 4.47. The first-order chi connectivity index (χ1) is 8.95. The molecule has 4 heteroatoms. The normalized spacial score (nSPS) is 22.9. The van der Waals surface area contributed by atoms with Crippen molar-refractivity contribution in [1.82, 2.24) is 14.7 Å². The molecule has 4 nitrogen and oxygen atoms in total. The maximum absolute atomic E-state index is 6.01. The molecule has 0 aliphatic carbocycles. The van der Waals surface area contributed by atoms with Crippen molar-refractivity contribution >= 4 is 0 Å². The van der Waals surface area contributed by atoms with Crippen molar-refractivity contribution in [3.63, 3.8) is 0 Å². The maximum atomic E-state index is 6.01. The molecule has 2 rings (SSSR count). The highest BCUT2D eigenvalue weighted by Crippen LogP contribution is 2.36. The minimum atomic E-state index is 0.327. The molecule has 0 bridgehead atoms. The van der Waals surface area contributed by atoms with Gasteiger partial charge in [-0.2, -0.15) is 5.10 Å². The molecule has 1 aromatic rings. The van der Waals surface area contributed by atoms with Crippen LogP contribution in [0.3, 0.4) is 0 Å². The van der Waals surface area contributed by atoms with Gasteiger partial charge in [0.1, 0.15) is 0 Å². The van der Waals surface area contributed by atoms with Crippen LogP contribution in [-0.2, 0) is 6.54 Å². The Hall–Kier alpha value is -0.870. The largest absolute Gasteiger partial charge is 0.329 e. The number of rotatable bonds is 4. The molecule has 1 saturated heterocycles. The second kappa shape index (κ2) is 5.63. The fourth-order valence-corrected chi connectivity index (χ4v) is 3.00. The summed E-state index contributed by atoms with van der Waals surface area (Å²) in [4.78, 5) is 2.53. The molecule has 2 unspecified atom stereocenters. The highest BCUT2D eigenvalue weighted by molar-refractivity contribution is 5.12. The summed E-state index contributed by atoms with van der Waals surface area (Å²) in [5.74, 6) is 0.766. The Morgan fingerprint density at radius 3 is 2.68 bits per heavy atom. The van der Waals surface area contributed by atoms with Gasteiger partial charge >= 0.3 is 0 Å². The Kier molecular flexibility index (Phi) is 4.31. The minimum Gasteiger partial charge on any atom is -0.329 e. The second-order valence-corrected chi connectivity index (χ2v) is 6.73. The van der Waals surface area contributed by atoms with Gasteiger partial charge in [0.05, 0.1) is 12.2 Å². The van der Waals surface area contributed by atoms with E-state index in [1.165, 1.54) is 12.0 Å². The predicted octanol–water partition coefficient (Wildman–Crippen LogP) is 2.27. The molecule has 2 atom stereocenters. The van der Waals surface area contributed by atoms with Crippen molar-refractivity contribution in [2.45, 2.75) is 46.7 Å². The summed E-state index contributed by atoms with van der Waals surface area (Å²) < 4.78 is 1.98. The molecule has 0 saturated carbocycles. The Bertz CT molecular complexity index is 405. The van der Waals surface area contributed by atoms with Crippen molar-refractivity contribution < 1.29 is 0 Å². The first kappa shape index (κ1) is 14.5. The van der Waals surface area contributed by atoms with Gasteiger partial charge in [-0.1, -0.05) is 20.8 Å². The SMILES string of the molecule is CCn1cc(C(CN)N2CCC(C(C)(C)C)C2)cn1. The van der Waals surface area contributed by atoms with Crippen molar-refractivity contribution in [2.24, 2.45) is 17.1 Å². The van der Waals surface area contributed by atoms with E-state index in [0.29, 0.717) is 18.0 Å². The van der Waals surface area contributed by atoms with E-state index in [2.05, 4.69) is 43.9 Å². The van der Waals surface area contributed by atoms with E-state index in [9.17, 15) is 0 Å². The monoisotopic (exact) mass is 264 g/mol. The molecule has 1 aliphatic rings. The van der Waals surface area contributed by atoms with E-state index in [4.69, 9.17) is 5.73 Å². The number of nitrogens with two attached hydrogens (primary N) is 1. The number of nitrogens with zero attached hydrogens (tertiary/aromatic N) is 3. The quantitative estimate of drug-likeness (QED) is 0.907. The Morgan fingerprint density at radius 2 is 2.21 bits per heavy atom. The molecule has 0 aromatic carbocycles. The van der Waals surface area contributed by atoms with Crippen LogP contribution in [0.5, 0.6) is 0 Å². The average molecular weight is 264 g/mol. The molecule has 0 amide bonds. The van der Waals surface area contributed by atoms with Crippen LogP contribution in [-0.4, -0.2) is 34.3 Å². The summed E-state index contributed by atoms with van der Waals surface area (Å²) in [5, 5.41) is 4.38. The van der Waals surface area contributed by atoms with Gasteiger partial charge in [-0.3, -0.25) is 9.58 Å². The van der Waals surface area contributed by atoms with Gasteiger partial charge in [0.15, 0.2) is 0 Å². The van der Waals surface area contributed by atoms with Gasteiger partial charge in [0.25, 0.3) is 0 Å². The highest BCUT2D eigenvalue weighted by atomic mass is 15.3. The standard InChI is InChI=1S/C15H28N4/c1-5-19-10-12(9-17-19)14(8-16)18-7-6-13(11-18)15(2,3)4/h9-10,13-14H,5-8,11,16H2,1-4H3. The molecule has 2 N–H and O–H groups in total. The van der Waals surface area contributed by atoms with Crippen molar-refractivity contribution in [3.05, 3.63) is 18.0 Å². The van der Waals surface area contributed by atoms with E-state index in [1.807, 2.05) is 10.9 Å². The fraction of sp³-hybridized carbons (Fsp3) is 0.800. The van der Waals surface area contributed by atoms with Gasteiger partial charge in [0.2, 0.25) is 0 Å². The van der Waals surface area contributed by atoms with Crippen molar-refractivity contribution in [3.8, 4) is 0 Å². The van der Waals surface area contributed by atoms with Crippen LogP contribution in [0.1, 0.15) is 45.7 Å². The molecular formula is C15H28N4. The highest BCUT2D eigenvalue weighted by Gasteiger charge is 2.35. The van der Waals surface area contributed by atoms with E-state index in [1.54, 1.807) is 0 Å². The minimum absolute atomic E-state index is 0.327. The third-order valence-corrected chi connectivity index (χ3v) is 4.47. The first-order valence-electron chi connectivity index (χ1n) is 7.42. The summed E-state index contributed by atoms with van der Waals surface area (Å²) in [5.41, 5.74) is 7.66. The number of aromatic nitrogens is 2. The first-order valence-corrected chi connectivity index (χ1v) is 7.42. The Labute approximate surface area is 117 Å². The molecule has 108 valence electrons. The summed E-state index contributed by atoms with van der Waals surface area (Å²) in [6, 6.07) is 0.327. The molecule has 1 fully saturated rings. The average Bonchev–Trinajstić information content (AvgIpc) is 2.98. The zero-order valence-corrected chi connectivity index (χ0v) is 12.8. The topological polar surface area (TPSA) is 47.1 Å². The van der Waals surface area contributed by atoms with Gasteiger partial charge in [-0.25, -0.2) is 0 Å². The lowest BCUT2D eigenvalue weighted by molar-refractivity contribution is 0.197. The number of hydrogen-bond acceptors (Lipinski definition) is 3. The summed E-state index contributed by atoms with van der Waals surface area (Å²) in [6.45, 7) is 13.0. The molecule has 0 radical (unpaired) electrons. The van der Waals surface area contributed by atoms with Crippen LogP contribution in [0.2, 0.25) is 0 Å². The Morgan fingerprint density at radius 1 is 1.47 bits per heavy atom. The molecule has 0 spiro atoms. The molecule has 2 heterocycles. The fourth-order valence-electron chi connectivity index (χ4n) is 3.00. The maximum Gasteiger partial charge on any atom is 0.0538 e. The van der Waals surface area contributed by atoms with Gasteiger partial charge in [-0.15, -0.1) is 0 Å². The summed E-state index contributed by atoms with van der Waals surface area (Å²) >= 11 is 0. The van der Waals surface area contributed by atoms with Crippen molar-refractivity contribution in [2.75, 3.05) is 19.6 Å². The summed E-state index contributed by atoms with van der Waals surface area (Å²) in [6.07, 6.45) is 5.40. The predicted molar refractivity (Wildman–Crippen MR) is 78.8 cm³/mol. The Balaban J connectivity index is 2.07. The zero-order valence-electron chi connectivity index (χ0n) is 12.8. The molecule has 1 aromatic heterocycles. The molecule has 19 heavy (non-hydrogen) atoms. The van der Waals surface area contributed by atoms with Gasteiger partial charge in [-0.05, 0) is 31.2 Å². The lowest BCUT2D eigenvalue weighted by Gasteiger charge is -2.30. The van der Waals surface area contributed by atoms with Gasteiger partial charge in [0, 0.05) is 31.4 Å².